The second-order valence-electron chi connectivity index (χ2n) is 8.32. The molecular weight excluding hydrogens is 369 g/mol. The van der Waals surface area contributed by atoms with Crippen LogP contribution in [0.1, 0.15) is 44.9 Å². The number of aromatic nitrogens is 3. The lowest BCUT2D eigenvalue weighted by molar-refractivity contribution is -0.137. The summed E-state index contributed by atoms with van der Waals surface area (Å²) in [5.74, 6) is 0.850. The molecule has 5 nitrogen and oxygen atoms in total. The molecule has 0 aliphatic carbocycles. The third-order valence-electron chi connectivity index (χ3n) is 5.08. The number of rotatable bonds is 3. The first-order valence-corrected chi connectivity index (χ1v) is 9.41. The van der Waals surface area contributed by atoms with E-state index in [0.29, 0.717) is 31.4 Å². The van der Waals surface area contributed by atoms with Gasteiger partial charge in [-0.3, -0.25) is 4.79 Å². The van der Waals surface area contributed by atoms with Crippen molar-refractivity contribution in [1.29, 1.82) is 0 Å². The molecule has 0 atom stereocenters. The number of hydrogen-bond acceptors (Lipinski definition) is 4. The molecule has 0 N–H and O–H groups in total. The van der Waals surface area contributed by atoms with Gasteiger partial charge < -0.3 is 4.90 Å². The molecule has 0 unspecified atom stereocenters. The van der Waals surface area contributed by atoms with E-state index in [1.165, 1.54) is 10.7 Å². The molecule has 1 aliphatic heterocycles. The molecule has 152 valence electrons. The Bertz CT molecular complexity index is 861. The number of halogens is 3. The van der Waals surface area contributed by atoms with Crippen molar-refractivity contribution in [3.05, 3.63) is 52.1 Å². The molecule has 1 fully saturated rings. The molecule has 0 aromatic carbocycles. The fraction of sp³-hybridized carbons (Fsp3) is 0.550. The third-order valence-corrected chi connectivity index (χ3v) is 5.08. The van der Waals surface area contributed by atoms with Gasteiger partial charge in [-0.25, -0.2) is 9.67 Å². The van der Waals surface area contributed by atoms with Crippen LogP contribution >= 0.6 is 0 Å². The van der Waals surface area contributed by atoms with Gasteiger partial charge in [-0.2, -0.15) is 18.3 Å². The highest BCUT2D eigenvalue weighted by Gasteiger charge is 2.31. The summed E-state index contributed by atoms with van der Waals surface area (Å²) in [6, 6.07) is 5.82. The standard InChI is InChI=1S/C20H25F3N4O/c1-19(2,3)16-5-7-18(28)27(25-16)13-14-8-10-26(11-9-14)17-6-4-15(12-24-17)20(21,22)23/h4-7,12,14H,8-11,13H2,1-3H3. The van der Waals surface area contributed by atoms with Gasteiger partial charge in [0.05, 0.1) is 11.3 Å². The summed E-state index contributed by atoms with van der Waals surface area (Å²) < 4.78 is 39.5. The Morgan fingerprint density at radius 1 is 1.07 bits per heavy atom. The minimum absolute atomic E-state index is 0.111. The van der Waals surface area contributed by atoms with Gasteiger partial charge in [0, 0.05) is 37.3 Å². The van der Waals surface area contributed by atoms with Crippen molar-refractivity contribution in [2.24, 2.45) is 5.92 Å². The van der Waals surface area contributed by atoms with Crippen molar-refractivity contribution in [3.8, 4) is 0 Å². The average molecular weight is 394 g/mol. The van der Waals surface area contributed by atoms with Crippen molar-refractivity contribution < 1.29 is 13.2 Å². The van der Waals surface area contributed by atoms with E-state index in [2.05, 4.69) is 30.9 Å². The van der Waals surface area contributed by atoms with Crippen LogP contribution in [0.2, 0.25) is 0 Å². The zero-order valence-corrected chi connectivity index (χ0v) is 16.3. The minimum atomic E-state index is -4.37. The lowest BCUT2D eigenvalue weighted by atomic mass is 9.92. The normalized spacial score (nSPS) is 16.4. The molecular formula is C20H25F3N4O. The number of pyridine rings is 1. The largest absolute Gasteiger partial charge is 0.417 e. The van der Waals surface area contributed by atoms with Gasteiger partial charge in [0.2, 0.25) is 0 Å². The minimum Gasteiger partial charge on any atom is -0.357 e. The van der Waals surface area contributed by atoms with Gasteiger partial charge in [-0.15, -0.1) is 0 Å². The quantitative estimate of drug-likeness (QED) is 0.793. The van der Waals surface area contributed by atoms with Gasteiger partial charge >= 0.3 is 6.18 Å². The molecule has 8 heteroatoms. The molecule has 0 bridgehead atoms. The Hall–Kier alpha value is -2.38. The summed E-state index contributed by atoms with van der Waals surface area (Å²) in [4.78, 5) is 18.1. The maximum Gasteiger partial charge on any atom is 0.417 e. The van der Waals surface area contributed by atoms with Gasteiger partial charge in [-0.1, -0.05) is 20.8 Å². The van der Waals surface area contributed by atoms with Crippen LogP contribution in [0, 0.1) is 5.92 Å². The van der Waals surface area contributed by atoms with Crippen molar-refractivity contribution in [2.75, 3.05) is 18.0 Å². The van der Waals surface area contributed by atoms with Gasteiger partial charge in [-0.05, 0) is 37.0 Å². The molecule has 2 aromatic rings. The average Bonchev–Trinajstić information content (AvgIpc) is 2.63. The van der Waals surface area contributed by atoms with Crippen molar-refractivity contribution in [1.82, 2.24) is 14.8 Å². The number of hydrogen-bond donors (Lipinski definition) is 0. The molecule has 2 aromatic heterocycles. The van der Waals surface area contributed by atoms with Crippen molar-refractivity contribution in [3.63, 3.8) is 0 Å². The van der Waals surface area contributed by atoms with Gasteiger partial charge in [0.1, 0.15) is 5.82 Å². The first-order chi connectivity index (χ1) is 13.0. The zero-order chi connectivity index (χ0) is 20.5. The molecule has 0 saturated carbocycles. The van der Waals surface area contributed by atoms with Gasteiger partial charge in [0.15, 0.2) is 0 Å². The summed E-state index contributed by atoms with van der Waals surface area (Å²) in [6.45, 7) is 8.10. The van der Waals surface area contributed by atoms with Crippen LogP contribution in [0.25, 0.3) is 0 Å². The predicted molar refractivity (Wildman–Crippen MR) is 101 cm³/mol. The maximum atomic E-state index is 12.7. The lowest BCUT2D eigenvalue weighted by Gasteiger charge is -2.33. The van der Waals surface area contributed by atoms with Gasteiger partial charge in [0.25, 0.3) is 5.56 Å². The smallest absolute Gasteiger partial charge is 0.357 e. The van der Waals surface area contributed by atoms with E-state index in [1.807, 2.05) is 4.90 Å². The second-order valence-corrected chi connectivity index (χ2v) is 8.32. The van der Waals surface area contributed by atoms with E-state index >= 15 is 0 Å². The summed E-state index contributed by atoms with van der Waals surface area (Å²) in [5.41, 5.74) is -0.110. The highest BCUT2D eigenvalue weighted by Crippen LogP contribution is 2.30. The number of anilines is 1. The predicted octanol–water partition coefficient (Wildman–Crippen LogP) is 3.87. The Labute approximate surface area is 162 Å². The number of nitrogens with zero attached hydrogens (tertiary/aromatic N) is 4. The fourth-order valence-electron chi connectivity index (χ4n) is 3.31. The van der Waals surface area contributed by atoms with E-state index < -0.39 is 11.7 Å². The first-order valence-electron chi connectivity index (χ1n) is 9.41. The SMILES string of the molecule is CC(C)(C)c1ccc(=O)n(CC2CCN(c3ccc(C(F)(F)F)cn3)CC2)n1. The van der Waals surface area contributed by atoms with Crippen molar-refractivity contribution in [2.45, 2.75) is 51.7 Å². The molecule has 1 aliphatic rings. The van der Waals surface area contributed by atoms with E-state index in [4.69, 9.17) is 0 Å². The van der Waals surface area contributed by atoms with Crippen LogP contribution in [0.4, 0.5) is 19.0 Å². The Morgan fingerprint density at radius 2 is 1.75 bits per heavy atom. The highest BCUT2D eigenvalue weighted by atomic mass is 19.4. The molecule has 3 heterocycles. The first kappa shape index (κ1) is 20.4. The zero-order valence-electron chi connectivity index (χ0n) is 16.3. The molecule has 3 rings (SSSR count). The Balaban J connectivity index is 1.63. The van der Waals surface area contributed by atoms with E-state index in [9.17, 15) is 18.0 Å². The fourth-order valence-corrected chi connectivity index (χ4v) is 3.31. The highest BCUT2D eigenvalue weighted by molar-refractivity contribution is 5.40. The maximum absolute atomic E-state index is 12.7. The summed E-state index contributed by atoms with van der Waals surface area (Å²) in [5, 5.41) is 4.52. The van der Waals surface area contributed by atoms with Crippen LogP contribution in [0.15, 0.2) is 35.3 Å². The second kappa shape index (κ2) is 7.56. The third kappa shape index (κ3) is 4.72. The van der Waals surface area contributed by atoms with Crippen molar-refractivity contribution >= 4 is 5.82 Å². The summed E-state index contributed by atoms with van der Waals surface area (Å²) in [7, 11) is 0. The van der Waals surface area contributed by atoms with E-state index in [-0.39, 0.29) is 11.0 Å². The molecule has 0 amide bonds. The summed E-state index contributed by atoms with van der Waals surface area (Å²) in [6.07, 6.45) is -1.84. The van der Waals surface area contributed by atoms with E-state index in [1.54, 1.807) is 12.1 Å². The van der Waals surface area contributed by atoms with Crippen LogP contribution in [-0.2, 0) is 18.1 Å². The van der Waals surface area contributed by atoms with Crippen LogP contribution in [-0.4, -0.2) is 27.9 Å². The topological polar surface area (TPSA) is 51.0 Å². The molecule has 28 heavy (non-hydrogen) atoms. The molecule has 1 saturated heterocycles. The number of alkyl halides is 3. The van der Waals surface area contributed by atoms with Crippen LogP contribution in [0.5, 0.6) is 0 Å². The molecule has 0 spiro atoms. The van der Waals surface area contributed by atoms with E-state index in [0.717, 1.165) is 30.8 Å². The molecule has 0 radical (unpaired) electrons. The monoisotopic (exact) mass is 394 g/mol. The Kier molecular flexibility index (Phi) is 5.50. The van der Waals surface area contributed by atoms with Crippen LogP contribution in [0.3, 0.4) is 0 Å². The Morgan fingerprint density at radius 3 is 2.29 bits per heavy atom. The van der Waals surface area contributed by atoms with Crippen LogP contribution < -0.4 is 10.5 Å². The number of piperidine rings is 1. The lowest BCUT2D eigenvalue weighted by Crippen LogP contribution is -2.37. The summed E-state index contributed by atoms with van der Waals surface area (Å²) >= 11 is 0.